The number of aliphatic hydroxyl groups is 1. The molecule has 1 amide bonds. The average Bonchev–Trinajstić information content (AvgIpc) is 3.34. The van der Waals surface area contributed by atoms with Crippen molar-refractivity contribution in [2.45, 2.75) is 71.5 Å². The first-order valence-electron chi connectivity index (χ1n) is 13.1. The number of amides is 1. The first-order valence-corrected chi connectivity index (χ1v) is 16.4. The molecular formula is C26H25F7N2O6S2. The van der Waals surface area contributed by atoms with E-state index >= 15 is 0 Å². The Morgan fingerprint density at radius 2 is 1.60 bits per heavy atom. The molecule has 2 unspecified atom stereocenters. The van der Waals surface area contributed by atoms with Crippen molar-refractivity contribution >= 4 is 25.6 Å². The van der Waals surface area contributed by atoms with Gasteiger partial charge in [0.2, 0.25) is 9.84 Å². The molecule has 1 N–H and O–H groups in total. The molecule has 2 saturated heterocycles. The minimum absolute atomic E-state index is 0.210. The third-order valence-electron chi connectivity index (χ3n) is 8.77. The van der Waals surface area contributed by atoms with Gasteiger partial charge in [-0.1, -0.05) is 24.3 Å². The van der Waals surface area contributed by atoms with Crippen molar-refractivity contribution in [3.8, 4) is 0 Å². The molecule has 5 rings (SSSR count). The number of pyridine rings is 1. The number of nitrogens with zero attached hydrogens (tertiary/aromatic N) is 2. The molecule has 8 nitrogen and oxygen atoms in total. The van der Waals surface area contributed by atoms with E-state index in [1.54, 1.807) is 0 Å². The maximum absolute atomic E-state index is 14.9. The topological polar surface area (TPSA) is 122 Å². The number of halogens is 7. The summed E-state index contributed by atoms with van der Waals surface area (Å²) in [4.78, 5) is 18.7. The molecule has 0 spiro atoms. The number of fused-ring (bicyclic) bond motifs is 3. The Morgan fingerprint density at radius 3 is 2.16 bits per heavy atom. The van der Waals surface area contributed by atoms with E-state index in [2.05, 4.69) is 4.98 Å². The molecule has 17 heteroatoms. The van der Waals surface area contributed by atoms with E-state index in [1.165, 1.54) is 18.3 Å². The molecule has 2 fully saturated rings. The van der Waals surface area contributed by atoms with Crippen LogP contribution in [0.5, 0.6) is 0 Å². The molecule has 2 aromatic rings. The van der Waals surface area contributed by atoms with Crippen LogP contribution in [-0.4, -0.2) is 79.8 Å². The van der Waals surface area contributed by atoms with Crippen LogP contribution in [0.4, 0.5) is 30.7 Å². The third-order valence-corrected chi connectivity index (χ3v) is 12.9. The lowest BCUT2D eigenvalue weighted by Gasteiger charge is -2.44. The van der Waals surface area contributed by atoms with Gasteiger partial charge in [-0.05, 0) is 55.4 Å². The van der Waals surface area contributed by atoms with Crippen LogP contribution < -0.4 is 0 Å². The van der Waals surface area contributed by atoms with Gasteiger partial charge in [-0.3, -0.25) is 4.79 Å². The van der Waals surface area contributed by atoms with Crippen molar-refractivity contribution in [1.29, 1.82) is 0 Å². The zero-order chi connectivity index (χ0) is 31.9. The predicted octanol–water partition coefficient (Wildman–Crippen LogP) is 3.53. The van der Waals surface area contributed by atoms with Crippen molar-refractivity contribution in [1.82, 2.24) is 9.88 Å². The number of aryl methyl sites for hydroxylation is 1. The highest BCUT2D eigenvalue weighted by Crippen LogP contribution is 2.57. The summed E-state index contributed by atoms with van der Waals surface area (Å²) in [6.07, 6.45) is -13.5. The predicted molar refractivity (Wildman–Crippen MR) is 136 cm³/mol. The van der Waals surface area contributed by atoms with E-state index < -0.39 is 94.9 Å². The summed E-state index contributed by atoms with van der Waals surface area (Å²) in [5, 5.41) is 10.7. The lowest BCUT2D eigenvalue weighted by Crippen LogP contribution is -2.58. The Balaban J connectivity index is 1.66. The van der Waals surface area contributed by atoms with Gasteiger partial charge < -0.3 is 10.0 Å². The van der Waals surface area contributed by atoms with Crippen LogP contribution in [-0.2, 0) is 41.3 Å². The molecule has 1 aliphatic carbocycles. The van der Waals surface area contributed by atoms with E-state index in [4.69, 9.17) is 0 Å². The standard InChI is InChI=1S/C26H25F7N2O6S2/c27-24(25(28,29)30,26(31,32)33)17-5-6-18-16(15-17)4-7-19-23(18,43(40,41)20-3-1-2-11-34-20)8-12-35(19)21(36)22(37)9-13-42(38,39)14-10-22/h1-3,5-6,11,15,19,37H,4,7-10,12-14H2. The Hall–Kier alpha value is -2.79. The third kappa shape index (κ3) is 4.64. The largest absolute Gasteiger partial charge is 0.435 e. The first kappa shape index (κ1) is 31.6. The van der Waals surface area contributed by atoms with E-state index in [1.807, 2.05) is 0 Å². The van der Waals surface area contributed by atoms with Crippen LogP contribution in [0.2, 0.25) is 0 Å². The van der Waals surface area contributed by atoms with Gasteiger partial charge in [0.15, 0.2) is 14.9 Å². The van der Waals surface area contributed by atoms with Crippen molar-refractivity contribution in [3.05, 3.63) is 59.3 Å². The molecule has 0 bridgehead atoms. The van der Waals surface area contributed by atoms with Crippen molar-refractivity contribution in [2.75, 3.05) is 18.1 Å². The van der Waals surface area contributed by atoms with Crippen molar-refractivity contribution in [3.63, 3.8) is 0 Å². The van der Waals surface area contributed by atoms with Gasteiger partial charge in [0.05, 0.1) is 17.5 Å². The molecule has 0 radical (unpaired) electrons. The molecule has 1 aromatic carbocycles. The minimum Gasteiger partial charge on any atom is -0.380 e. The summed E-state index contributed by atoms with van der Waals surface area (Å²) in [6.45, 7) is -0.288. The lowest BCUT2D eigenvalue weighted by molar-refractivity contribution is -0.348. The number of rotatable bonds is 4. The highest BCUT2D eigenvalue weighted by molar-refractivity contribution is 7.92. The Kier molecular flexibility index (Phi) is 7.25. The summed E-state index contributed by atoms with van der Waals surface area (Å²) < 4.78 is 146. The van der Waals surface area contributed by atoms with Gasteiger partial charge in [-0.25, -0.2) is 26.2 Å². The number of sulfone groups is 2. The van der Waals surface area contributed by atoms with Crippen LogP contribution in [0.1, 0.15) is 42.4 Å². The fourth-order valence-electron chi connectivity index (χ4n) is 6.52. The molecule has 3 aliphatic rings. The fourth-order valence-corrected chi connectivity index (χ4v) is 10.3. The van der Waals surface area contributed by atoms with Crippen LogP contribution >= 0.6 is 0 Å². The van der Waals surface area contributed by atoms with E-state index in [-0.39, 0.29) is 43.0 Å². The fraction of sp³-hybridized carbons (Fsp3) is 0.538. The summed E-state index contributed by atoms with van der Waals surface area (Å²) in [7, 11) is -8.14. The number of hydrogen-bond donors (Lipinski definition) is 1. The minimum atomic E-state index is -6.38. The number of carbonyl (C=O) groups is 1. The molecular weight excluding hydrogens is 633 g/mol. The summed E-state index contributed by atoms with van der Waals surface area (Å²) in [5.74, 6) is -1.90. The van der Waals surface area contributed by atoms with E-state index in [0.717, 1.165) is 17.0 Å². The van der Waals surface area contributed by atoms with Crippen LogP contribution in [0.3, 0.4) is 0 Å². The number of alkyl halides is 7. The van der Waals surface area contributed by atoms with E-state index in [9.17, 15) is 57.5 Å². The quantitative estimate of drug-likeness (QED) is 0.499. The Labute approximate surface area is 241 Å². The van der Waals surface area contributed by atoms with Gasteiger partial charge in [-0.15, -0.1) is 0 Å². The maximum atomic E-state index is 14.9. The number of benzene rings is 1. The molecule has 2 aliphatic heterocycles. The SMILES string of the molecule is O=C(N1CCC2(S(=O)(=O)c3ccccn3)c3ccc(C(F)(C(F)(F)F)C(F)(F)F)cc3CCC12)C1(O)CCS(=O)(=O)CC1. The molecule has 1 aromatic heterocycles. The number of aromatic nitrogens is 1. The average molecular weight is 659 g/mol. The highest BCUT2D eigenvalue weighted by atomic mass is 32.2. The Morgan fingerprint density at radius 1 is 0.977 bits per heavy atom. The number of hydrogen-bond acceptors (Lipinski definition) is 7. The first-order chi connectivity index (χ1) is 19.7. The zero-order valence-corrected chi connectivity index (χ0v) is 23.8. The summed E-state index contributed by atoms with van der Waals surface area (Å²) in [5.41, 5.74) is -10.1. The number of likely N-dealkylation sites (tertiary alicyclic amines) is 1. The summed E-state index contributed by atoms with van der Waals surface area (Å²) >= 11 is 0. The van der Waals surface area contributed by atoms with Crippen LogP contribution in [0.15, 0.2) is 47.6 Å². The van der Waals surface area contributed by atoms with Gasteiger partial charge in [0.25, 0.3) is 5.91 Å². The second-order valence-electron chi connectivity index (χ2n) is 11.1. The normalized spacial score (nSPS) is 25.6. The monoisotopic (exact) mass is 658 g/mol. The molecule has 0 saturated carbocycles. The van der Waals surface area contributed by atoms with Crippen molar-refractivity contribution < 1.29 is 57.5 Å². The Bertz CT molecular complexity index is 1630. The van der Waals surface area contributed by atoms with E-state index in [0.29, 0.717) is 6.07 Å². The van der Waals surface area contributed by atoms with Gasteiger partial charge in [-0.2, -0.15) is 26.3 Å². The van der Waals surface area contributed by atoms with Crippen LogP contribution in [0.25, 0.3) is 0 Å². The van der Waals surface area contributed by atoms with Gasteiger partial charge in [0.1, 0.15) is 10.3 Å². The maximum Gasteiger partial charge on any atom is 0.435 e. The molecule has 43 heavy (non-hydrogen) atoms. The molecule has 3 heterocycles. The summed E-state index contributed by atoms with van der Waals surface area (Å²) in [6, 6.07) is 4.00. The number of carbonyl (C=O) groups excluding carboxylic acids is 1. The van der Waals surface area contributed by atoms with Gasteiger partial charge in [0, 0.05) is 18.3 Å². The van der Waals surface area contributed by atoms with Crippen LogP contribution in [0, 0.1) is 0 Å². The van der Waals surface area contributed by atoms with Gasteiger partial charge >= 0.3 is 18.0 Å². The second-order valence-corrected chi connectivity index (χ2v) is 15.5. The lowest BCUT2D eigenvalue weighted by atomic mass is 9.76. The van der Waals surface area contributed by atoms with Crippen molar-refractivity contribution in [2.24, 2.45) is 0 Å². The molecule has 2 atom stereocenters. The second kappa shape index (κ2) is 9.86. The smallest absolute Gasteiger partial charge is 0.380 e. The molecule has 236 valence electrons. The highest BCUT2D eigenvalue weighted by Gasteiger charge is 2.74. The zero-order valence-electron chi connectivity index (χ0n) is 22.1.